The number of amides is 1. The first-order valence-electron chi connectivity index (χ1n) is 8.89. The molecule has 4 rings (SSSR count). The first kappa shape index (κ1) is 20.0. The van der Waals surface area contributed by atoms with Gasteiger partial charge in [-0.25, -0.2) is 18.2 Å². The van der Waals surface area contributed by atoms with Crippen molar-refractivity contribution < 1.29 is 22.7 Å². The molecule has 1 aliphatic heterocycles. The van der Waals surface area contributed by atoms with Crippen LogP contribution in [0.3, 0.4) is 0 Å². The van der Waals surface area contributed by atoms with E-state index in [2.05, 4.69) is 4.98 Å². The van der Waals surface area contributed by atoms with Gasteiger partial charge in [-0.2, -0.15) is 0 Å². The predicted octanol–water partition coefficient (Wildman–Crippen LogP) is 5.39. The van der Waals surface area contributed by atoms with Crippen molar-refractivity contribution in [1.82, 2.24) is 9.88 Å². The van der Waals surface area contributed by atoms with E-state index in [0.29, 0.717) is 21.9 Å². The Labute approximate surface area is 175 Å². The highest BCUT2D eigenvalue weighted by molar-refractivity contribution is 8.08. The van der Waals surface area contributed by atoms with E-state index < -0.39 is 22.9 Å². The van der Waals surface area contributed by atoms with Crippen molar-refractivity contribution in [2.75, 3.05) is 7.11 Å². The number of hydrogen-bond acceptors (Lipinski definition) is 4. The molecule has 152 valence electrons. The van der Waals surface area contributed by atoms with Crippen molar-refractivity contribution >= 4 is 22.6 Å². The van der Waals surface area contributed by atoms with Crippen LogP contribution in [0.15, 0.2) is 67.0 Å². The number of methoxy groups -OCH3 is 1. The van der Waals surface area contributed by atoms with Crippen LogP contribution in [-0.4, -0.2) is 22.9 Å². The fourth-order valence-electron chi connectivity index (χ4n) is 3.11. The van der Waals surface area contributed by atoms with Gasteiger partial charge in [-0.1, -0.05) is 30.0 Å². The second-order valence-electron chi connectivity index (χ2n) is 6.39. The normalized spacial score (nSPS) is 15.8. The average molecular weight is 428 g/mol. The van der Waals surface area contributed by atoms with Crippen LogP contribution in [0.5, 0.6) is 5.88 Å². The first-order chi connectivity index (χ1) is 14.5. The third kappa shape index (κ3) is 3.66. The molecule has 3 aromatic rings. The average Bonchev–Trinajstić information content (AvgIpc) is 3.21. The van der Waals surface area contributed by atoms with Gasteiger partial charge in [0, 0.05) is 22.9 Å². The highest BCUT2D eigenvalue weighted by Gasteiger charge is 2.36. The van der Waals surface area contributed by atoms with Gasteiger partial charge in [0.1, 0.15) is 11.2 Å². The minimum Gasteiger partial charge on any atom is -0.481 e. The Kier molecular flexibility index (Phi) is 5.50. The number of aromatic nitrogens is 1. The van der Waals surface area contributed by atoms with Gasteiger partial charge in [0.25, 0.3) is 5.91 Å². The number of thioether (sulfide) groups is 1. The standard InChI is InChI=1S/C22H15F3N2O2S/c1-29-20-16(5-3-11-26-20)22-27(21(28)15-4-2-6-17(24)19(15)25)12-18(30-22)13-7-9-14(23)10-8-13/h2-12,22H,1H3. The molecule has 4 nitrogen and oxygen atoms in total. The Morgan fingerprint density at radius 3 is 2.57 bits per heavy atom. The Hall–Kier alpha value is -3.26. The molecule has 0 saturated heterocycles. The van der Waals surface area contributed by atoms with E-state index in [9.17, 15) is 18.0 Å². The molecule has 30 heavy (non-hydrogen) atoms. The molecule has 0 saturated carbocycles. The summed E-state index contributed by atoms with van der Waals surface area (Å²) in [5.41, 5.74) is 0.882. The predicted molar refractivity (Wildman–Crippen MR) is 108 cm³/mol. The largest absolute Gasteiger partial charge is 0.481 e. The highest BCUT2D eigenvalue weighted by Crippen LogP contribution is 2.50. The van der Waals surface area contributed by atoms with E-state index in [0.717, 1.165) is 6.07 Å². The molecule has 8 heteroatoms. The Morgan fingerprint density at radius 1 is 1.07 bits per heavy atom. The first-order valence-corrected chi connectivity index (χ1v) is 9.77. The fourth-order valence-corrected chi connectivity index (χ4v) is 4.37. The molecule has 1 unspecified atom stereocenters. The van der Waals surface area contributed by atoms with E-state index in [1.807, 2.05) is 0 Å². The van der Waals surface area contributed by atoms with Gasteiger partial charge in [0.15, 0.2) is 11.6 Å². The summed E-state index contributed by atoms with van der Waals surface area (Å²) in [6.45, 7) is 0. The van der Waals surface area contributed by atoms with Crippen LogP contribution in [0.25, 0.3) is 4.91 Å². The zero-order valence-corrected chi connectivity index (χ0v) is 16.5. The topological polar surface area (TPSA) is 42.4 Å². The highest BCUT2D eigenvalue weighted by atomic mass is 32.2. The summed E-state index contributed by atoms with van der Waals surface area (Å²) in [7, 11) is 1.46. The van der Waals surface area contributed by atoms with E-state index in [-0.39, 0.29) is 11.4 Å². The van der Waals surface area contributed by atoms with Gasteiger partial charge < -0.3 is 4.74 Å². The van der Waals surface area contributed by atoms with E-state index >= 15 is 0 Å². The molecule has 0 N–H and O–H groups in total. The minimum atomic E-state index is -1.21. The van der Waals surface area contributed by atoms with Crippen molar-refractivity contribution in [3.8, 4) is 5.88 Å². The lowest BCUT2D eigenvalue weighted by Gasteiger charge is -2.24. The Morgan fingerprint density at radius 2 is 1.83 bits per heavy atom. The summed E-state index contributed by atoms with van der Waals surface area (Å²) in [6.07, 6.45) is 3.09. The molecule has 1 amide bonds. The molecule has 2 aromatic carbocycles. The number of pyridine rings is 1. The molecule has 2 heterocycles. The van der Waals surface area contributed by atoms with Crippen LogP contribution in [0.1, 0.15) is 26.9 Å². The molecule has 1 aliphatic rings. The summed E-state index contributed by atoms with van der Waals surface area (Å²) in [5, 5.41) is -0.635. The number of benzene rings is 2. The number of hydrogen-bond donors (Lipinski definition) is 0. The van der Waals surface area contributed by atoms with Crippen LogP contribution in [0, 0.1) is 17.5 Å². The molecule has 1 aromatic heterocycles. The van der Waals surface area contributed by atoms with Crippen molar-refractivity contribution in [3.05, 3.63) is 101 Å². The summed E-state index contributed by atoms with van der Waals surface area (Å²) in [4.78, 5) is 19.3. The quantitative estimate of drug-likeness (QED) is 0.559. The summed E-state index contributed by atoms with van der Waals surface area (Å²) >= 11 is 1.30. The molecule has 0 radical (unpaired) electrons. The van der Waals surface area contributed by atoms with Gasteiger partial charge >= 0.3 is 0 Å². The maximum atomic E-state index is 14.3. The zero-order chi connectivity index (χ0) is 21.3. The molecule has 1 atom stereocenters. The van der Waals surface area contributed by atoms with E-state index in [1.165, 1.54) is 48.0 Å². The van der Waals surface area contributed by atoms with Crippen LogP contribution in [0.2, 0.25) is 0 Å². The van der Waals surface area contributed by atoms with Crippen LogP contribution in [0.4, 0.5) is 13.2 Å². The number of ether oxygens (including phenoxy) is 1. The number of halogens is 3. The Bertz CT molecular complexity index is 1140. The van der Waals surface area contributed by atoms with Crippen LogP contribution < -0.4 is 4.74 Å². The molecular formula is C22H15F3N2O2S. The van der Waals surface area contributed by atoms with Crippen LogP contribution >= 0.6 is 11.8 Å². The van der Waals surface area contributed by atoms with Crippen molar-refractivity contribution in [2.24, 2.45) is 0 Å². The van der Waals surface area contributed by atoms with Gasteiger partial charge in [-0.3, -0.25) is 9.69 Å². The third-order valence-corrected chi connectivity index (χ3v) is 5.85. The molecule has 0 spiro atoms. The van der Waals surface area contributed by atoms with E-state index in [1.54, 1.807) is 36.7 Å². The number of nitrogens with zero attached hydrogens (tertiary/aromatic N) is 2. The second-order valence-corrected chi connectivity index (χ2v) is 7.51. The minimum absolute atomic E-state index is 0.307. The molecule has 0 aliphatic carbocycles. The number of carbonyl (C=O) groups excluding carboxylic acids is 1. The van der Waals surface area contributed by atoms with Crippen molar-refractivity contribution in [2.45, 2.75) is 5.37 Å². The van der Waals surface area contributed by atoms with Crippen LogP contribution in [-0.2, 0) is 0 Å². The summed E-state index contributed by atoms with van der Waals surface area (Å²) in [5.74, 6) is -3.12. The maximum Gasteiger partial charge on any atom is 0.262 e. The zero-order valence-electron chi connectivity index (χ0n) is 15.7. The lowest BCUT2D eigenvalue weighted by Crippen LogP contribution is -2.27. The SMILES string of the molecule is COc1ncccc1C1SC(c2ccc(F)cc2)=CN1C(=O)c1cccc(F)c1F. The van der Waals surface area contributed by atoms with Crippen molar-refractivity contribution in [3.63, 3.8) is 0 Å². The van der Waals surface area contributed by atoms with Gasteiger partial charge in [-0.05, 0) is 42.0 Å². The van der Waals surface area contributed by atoms with Gasteiger partial charge in [0.2, 0.25) is 5.88 Å². The maximum absolute atomic E-state index is 14.3. The summed E-state index contributed by atoms with van der Waals surface area (Å²) < 4.78 is 46.7. The summed E-state index contributed by atoms with van der Waals surface area (Å²) in [6, 6.07) is 12.7. The number of rotatable bonds is 4. The fraction of sp³-hybridized carbons (Fsp3) is 0.0909. The van der Waals surface area contributed by atoms with E-state index in [4.69, 9.17) is 4.74 Å². The Balaban J connectivity index is 1.80. The lowest BCUT2D eigenvalue weighted by atomic mass is 10.1. The third-order valence-electron chi connectivity index (χ3n) is 4.55. The monoisotopic (exact) mass is 428 g/mol. The smallest absolute Gasteiger partial charge is 0.262 e. The molecule has 0 fully saturated rings. The van der Waals surface area contributed by atoms with Crippen molar-refractivity contribution in [1.29, 1.82) is 0 Å². The lowest BCUT2D eigenvalue weighted by molar-refractivity contribution is 0.0807. The number of carbonyl (C=O) groups is 1. The van der Waals surface area contributed by atoms with Gasteiger partial charge in [-0.15, -0.1) is 0 Å². The molecular weight excluding hydrogens is 413 g/mol. The second kappa shape index (κ2) is 8.23. The molecule has 0 bridgehead atoms. The van der Waals surface area contributed by atoms with Gasteiger partial charge in [0.05, 0.1) is 12.7 Å².